The SMILES string of the molecule is Cc1cccc(C(CC(=O)O)NC(=O)C2N(C(=O)c3ccc(Cl)nc3)CCCN2C(=O)c2cccc(F)c2)c1. The zero-order valence-corrected chi connectivity index (χ0v) is 21.8. The highest BCUT2D eigenvalue weighted by Gasteiger charge is 2.41. The van der Waals surface area contributed by atoms with Gasteiger partial charge in [-0.05, 0) is 49.2 Å². The molecular weight excluding hydrogens is 527 g/mol. The number of aromatic nitrogens is 1. The van der Waals surface area contributed by atoms with Crippen molar-refractivity contribution in [1.29, 1.82) is 0 Å². The number of carboxylic acids is 1. The first-order chi connectivity index (χ1) is 18.6. The third-order valence-corrected chi connectivity index (χ3v) is 6.55. The van der Waals surface area contributed by atoms with Crippen LogP contribution in [0.4, 0.5) is 4.39 Å². The zero-order valence-electron chi connectivity index (χ0n) is 21.0. The fourth-order valence-electron chi connectivity index (χ4n) is 4.55. The fraction of sp³-hybridized carbons (Fsp3) is 0.250. The molecule has 9 nitrogen and oxygen atoms in total. The topological polar surface area (TPSA) is 120 Å². The van der Waals surface area contributed by atoms with Crippen LogP contribution >= 0.6 is 11.6 Å². The van der Waals surface area contributed by atoms with E-state index in [1.807, 2.05) is 13.0 Å². The van der Waals surface area contributed by atoms with Crippen LogP contribution in [-0.2, 0) is 9.59 Å². The van der Waals surface area contributed by atoms with Gasteiger partial charge in [-0.15, -0.1) is 0 Å². The number of nitrogens with zero attached hydrogens (tertiary/aromatic N) is 3. The normalized spacial score (nSPS) is 15.9. The van der Waals surface area contributed by atoms with Crippen LogP contribution in [-0.4, -0.2) is 62.8 Å². The first-order valence-corrected chi connectivity index (χ1v) is 12.6. The molecule has 2 N–H and O–H groups in total. The number of benzene rings is 2. The van der Waals surface area contributed by atoms with Gasteiger partial charge in [0.2, 0.25) is 0 Å². The summed E-state index contributed by atoms with van der Waals surface area (Å²) < 4.78 is 13.9. The van der Waals surface area contributed by atoms with Crippen LogP contribution in [0.3, 0.4) is 0 Å². The van der Waals surface area contributed by atoms with E-state index in [9.17, 15) is 28.7 Å². The first kappa shape index (κ1) is 27.7. The van der Waals surface area contributed by atoms with Crippen molar-refractivity contribution >= 4 is 35.3 Å². The van der Waals surface area contributed by atoms with Crippen molar-refractivity contribution in [2.24, 2.45) is 0 Å². The van der Waals surface area contributed by atoms with Gasteiger partial charge in [0.05, 0.1) is 18.0 Å². The monoisotopic (exact) mass is 552 g/mol. The molecule has 1 fully saturated rings. The third-order valence-electron chi connectivity index (χ3n) is 6.33. The van der Waals surface area contributed by atoms with Gasteiger partial charge in [0.25, 0.3) is 17.7 Å². The number of carbonyl (C=O) groups is 4. The molecule has 2 atom stereocenters. The number of carbonyl (C=O) groups excluding carboxylic acids is 3. The Morgan fingerprint density at radius 1 is 1.03 bits per heavy atom. The van der Waals surface area contributed by atoms with Crippen molar-refractivity contribution in [3.8, 4) is 0 Å². The molecule has 1 aromatic heterocycles. The van der Waals surface area contributed by atoms with Gasteiger partial charge in [0.1, 0.15) is 11.0 Å². The molecule has 2 heterocycles. The minimum atomic E-state index is -1.43. The molecule has 39 heavy (non-hydrogen) atoms. The van der Waals surface area contributed by atoms with E-state index in [2.05, 4.69) is 10.3 Å². The minimum Gasteiger partial charge on any atom is -0.481 e. The standard InChI is InChI=1S/C28H26ClFN4O5/c1-17-5-2-6-18(13-17)22(15-24(35)36)32-25(37)26-33(27(38)19-7-3-8-21(30)14-19)11-4-12-34(26)28(39)20-9-10-23(29)31-16-20/h2-3,5-10,13-14,16,22,26H,4,11-12,15H2,1H3,(H,32,37)(H,35,36). The lowest BCUT2D eigenvalue weighted by Crippen LogP contribution is -2.63. The maximum absolute atomic E-state index is 13.9. The van der Waals surface area contributed by atoms with Crippen LogP contribution in [0.15, 0.2) is 66.9 Å². The molecule has 1 saturated heterocycles. The van der Waals surface area contributed by atoms with Crippen LogP contribution in [0.5, 0.6) is 0 Å². The van der Waals surface area contributed by atoms with Gasteiger partial charge in [-0.2, -0.15) is 0 Å². The number of pyridine rings is 1. The second-order valence-corrected chi connectivity index (χ2v) is 9.56. The Hall–Kier alpha value is -4.31. The smallest absolute Gasteiger partial charge is 0.305 e. The number of hydrogen-bond acceptors (Lipinski definition) is 5. The summed E-state index contributed by atoms with van der Waals surface area (Å²) in [4.78, 5) is 58.9. The Morgan fingerprint density at radius 3 is 2.33 bits per heavy atom. The number of halogens is 2. The Labute approximate surface area is 229 Å². The summed E-state index contributed by atoms with van der Waals surface area (Å²) in [5.41, 5.74) is 1.59. The van der Waals surface area contributed by atoms with E-state index in [-0.39, 0.29) is 29.4 Å². The lowest BCUT2D eigenvalue weighted by molar-refractivity contribution is -0.138. The minimum absolute atomic E-state index is 0.0102. The summed E-state index contributed by atoms with van der Waals surface area (Å²) in [6, 6.07) is 14.0. The van der Waals surface area contributed by atoms with E-state index in [0.717, 1.165) is 11.6 Å². The van der Waals surface area contributed by atoms with Crippen molar-refractivity contribution in [2.75, 3.05) is 13.1 Å². The highest BCUT2D eigenvalue weighted by Crippen LogP contribution is 2.24. The predicted molar refractivity (Wildman–Crippen MR) is 140 cm³/mol. The summed E-state index contributed by atoms with van der Waals surface area (Å²) in [5, 5.41) is 12.4. The Kier molecular flexibility index (Phi) is 8.55. The summed E-state index contributed by atoms with van der Waals surface area (Å²) >= 11 is 5.86. The van der Waals surface area contributed by atoms with E-state index in [1.54, 1.807) is 18.2 Å². The Bertz CT molecular complexity index is 1400. The van der Waals surface area contributed by atoms with Crippen molar-refractivity contribution < 1.29 is 28.7 Å². The maximum atomic E-state index is 13.9. The van der Waals surface area contributed by atoms with Crippen LogP contribution in [0.1, 0.15) is 50.7 Å². The fourth-order valence-corrected chi connectivity index (χ4v) is 4.66. The molecular formula is C28H26ClFN4O5. The maximum Gasteiger partial charge on any atom is 0.305 e. The number of aliphatic carboxylic acids is 1. The zero-order chi connectivity index (χ0) is 28.1. The second-order valence-electron chi connectivity index (χ2n) is 9.18. The highest BCUT2D eigenvalue weighted by molar-refractivity contribution is 6.29. The molecule has 202 valence electrons. The average Bonchev–Trinajstić information content (AvgIpc) is 2.91. The highest BCUT2D eigenvalue weighted by atomic mass is 35.5. The lowest BCUT2D eigenvalue weighted by Gasteiger charge is -2.43. The quantitative estimate of drug-likeness (QED) is 0.430. The van der Waals surface area contributed by atoms with E-state index < -0.39 is 48.1 Å². The van der Waals surface area contributed by atoms with E-state index >= 15 is 0 Å². The molecule has 0 aliphatic carbocycles. The van der Waals surface area contributed by atoms with Gasteiger partial charge in [-0.3, -0.25) is 19.2 Å². The number of nitrogens with one attached hydrogen (secondary N) is 1. The van der Waals surface area contributed by atoms with Crippen molar-refractivity contribution in [3.63, 3.8) is 0 Å². The van der Waals surface area contributed by atoms with Crippen LogP contribution in [0, 0.1) is 12.7 Å². The summed E-state index contributed by atoms with van der Waals surface area (Å²) in [5.74, 6) is -3.73. The first-order valence-electron chi connectivity index (χ1n) is 12.2. The lowest BCUT2D eigenvalue weighted by atomic mass is 10.0. The number of hydrogen-bond donors (Lipinski definition) is 2. The number of aryl methyl sites for hydroxylation is 1. The molecule has 1 aliphatic heterocycles. The van der Waals surface area contributed by atoms with E-state index in [1.165, 1.54) is 46.3 Å². The van der Waals surface area contributed by atoms with Crippen LogP contribution in [0.2, 0.25) is 5.15 Å². The molecule has 0 saturated carbocycles. The molecule has 2 unspecified atom stereocenters. The Balaban J connectivity index is 1.72. The molecule has 3 amide bonds. The summed E-state index contributed by atoms with van der Waals surface area (Å²) in [7, 11) is 0. The molecule has 0 spiro atoms. The second kappa shape index (κ2) is 12.0. The molecule has 0 bridgehead atoms. The molecule has 0 radical (unpaired) electrons. The average molecular weight is 553 g/mol. The van der Waals surface area contributed by atoms with E-state index in [0.29, 0.717) is 12.0 Å². The number of rotatable bonds is 7. The van der Waals surface area contributed by atoms with Gasteiger partial charge in [0.15, 0.2) is 6.17 Å². The summed E-state index contributed by atoms with van der Waals surface area (Å²) in [6.45, 7) is 2.09. The molecule has 4 rings (SSSR count). The summed E-state index contributed by atoms with van der Waals surface area (Å²) in [6.07, 6.45) is -0.228. The van der Waals surface area contributed by atoms with Crippen molar-refractivity contribution in [3.05, 3.63) is 100 Å². The largest absolute Gasteiger partial charge is 0.481 e. The van der Waals surface area contributed by atoms with E-state index in [4.69, 9.17) is 11.6 Å². The van der Waals surface area contributed by atoms with Gasteiger partial charge >= 0.3 is 5.97 Å². The predicted octanol–water partition coefficient (Wildman–Crippen LogP) is 3.83. The Morgan fingerprint density at radius 2 is 1.72 bits per heavy atom. The van der Waals surface area contributed by atoms with Gasteiger partial charge in [-0.25, -0.2) is 9.37 Å². The van der Waals surface area contributed by atoms with Gasteiger partial charge < -0.3 is 20.2 Å². The number of carboxylic acid groups (broad SMARTS) is 1. The van der Waals surface area contributed by atoms with Gasteiger partial charge in [0, 0.05) is 24.8 Å². The molecule has 11 heteroatoms. The molecule has 2 aromatic carbocycles. The van der Waals surface area contributed by atoms with Crippen molar-refractivity contribution in [1.82, 2.24) is 20.1 Å². The molecule has 1 aliphatic rings. The van der Waals surface area contributed by atoms with Crippen LogP contribution in [0.25, 0.3) is 0 Å². The van der Waals surface area contributed by atoms with Crippen molar-refractivity contribution in [2.45, 2.75) is 32.0 Å². The molecule has 3 aromatic rings. The van der Waals surface area contributed by atoms with Crippen LogP contribution < -0.4 is 5.32 Å². The number of amides is 3. The third kappa shape index (κ3) is 6.58. The van der Waals surface area contributed by atoms with Gasteiger partial charge in [-0.1, -0.05) is 47.5 Å².